The molecule has 0 atom stereocenters. The number of hydrogen-bond donors (Lipinski definition) is 2. The lowest BCUT2D eigenvalue weighted by Gasteiger charge is -2.31. The number of benzene rings is 2. The first-order chi connectivity index (χ1) is 14.4. The van der Waals surface area contributed by atoms with E-state index in [-0.39, 0.29) is 23.8 Å². The van der Waals surface area contributed by atoms with Crippen LogP contribution in [0.25, 0.3) is 0 Å². The number of carbonyl (C=O) groups excluding carboxylic acids is 1. The van der Waals surface area contributed by atoms with Crippen molar-refractivity contribution in [3.8, 4) is 0 Å². The third-order valence-electron chi connectivity index (χ3n) is 5.05. The first kappa shape index (κ1) is 21.7. The maximum Gasteiger partial charge on any atom is 0.242 e. The van der Waals surface area contributed by atoms with Gasteiger partial charge in [-0.15, -0.1) is 0 Å². The summed E-state index contributed by atoms with van der Waals surface area (Å²) in [4.78, 5) is 16.3. The number of carbonyl (C=O) groups is 1. The molecule has 30 heavy (non-hydrogen) atoms. The number of nitrogens with one attached hydrogen (secondary N) is 2. The fourth-order valence-corrected chi connectivity index (χ4v) is 4.23. The summed E-state index contributed by atoms with van der Waals surface area (Å²) in [6, 6.07) is 23.0. The predicted octanol–water partition coefficient (Wildman–Crippen LogP) is 2.87. The second kappa shape index (κ2) is 9.65. The van der Waals surface area contributed by atoms with Crippen LogP contribution in [-0.4, -0.2) is 32.4 Å². The van der Waals surface area contributed by atoms with Crippen LogP contribution >= 0.6 is 0 Å². The summed E-state index contributed by atoms with van der Waals surface area (Å²) in [5, 5.41) is 2.96. The Morgan fingerprint density at radius 2 is 1.53 bits per heavy atom. The van der Waals surface area contributed by atoms with Crippen molar-refractivity contribution in [1.29, 1.82) is 0 Å². The normalized spacial score (nSPS) is 11.8. The molecule has 0 saturated heterocycles. The van der Waals surface area contributed by atoms with Crippen molar-refractivity contribution in [1.82, 2.24) is 15.0 Å². The van der Waals surface area contributed by atoms with Gasteiger partial charge in [-0.1, -0.05) is 60.7 Å². The zero-order chi connectivity index (χ0) is 21.5. The van der Waals surface area contributed by atoms with Crippen LogP contribution < -0.4 is 10.0 Å². The van der Waals surface area contributed by atoms with Crippen molar-refractivity contribution in [3.05, 3.63) is 96.3 Å². The molecule has 0 aliphatic carbocycles. The van der Waals surface area contributed by atoms with Crippen LogP contribution in [-0.2, 0) is 20.2 Å². The van der Waals surface area contributed by atoms with Crippen molar-refractivity contribution in [2.24, 2.45) is 0 Å². The highest BCUT2D eigenvalue weighted by Crippen LogP contribution is 2.31. The minimum Gasteiger partial charge on any atom is -0.355 e. The molecule has 3 rings (SSSR count). The lowest BCUT2D eigenvalue weighted by atomic mass is 9.76. The van der Waals surface area contributed by atoms with Gasteiger partial charge in [0.2, 0.25) is 15.9 Å². The summed E-state index contributed by atoms with van der Waals surface area (Å²) in [6.45, 7) is 2.49. The average molecular weight is 424 g/mol. The van der Waals surface area contributed by atoms with Crippen molar-refractivity contribution < 1.29 is 13.2 Å². The van der Waals surface area contributed by atoms with Crippen LogP contribution in [0, 0.1) is 0 Å². The van der Waals surface area contributed by atoms with Gasteiger partial charge in [0.15, 0.2) is 0 Å². The Kier molecular flexibility index (Phi) is 6.97. The number of nitrogens with zero attached hydrogens (tertiary/aromatic N) is 1. The van der Waals surface area contributed by atoms with E-state index >= 15 is 0 Å². The lowest BCUT2D eigenvalue weighted by Crippen LogP contribution is -2.40. The molecule has 2 aromatic carbocycles. The SMILES string of the molecule is CC(CNC(=O)CCNS(=O)(=O)c1cccnc1)(c1ccccc1)c1ccccc1. The minimum absolute atomic E-state index is 0.0104. The molecule has 0 spiro atoms. The van der Waals surface area contributed by atoms with Crippen LogP contribution in [0.1, 0.15) is 24.5 Å². The number of pyridine rings is 1. The molecule has 0 radical (unpaired) electrons. The molecule has 7 heteroatoms. The Morgan fingerprint density at radius 3 is 2.07 bits per heavy atom. The number of rotatable bonds is 9. The van der Waals surface area contributed by atoms with Crippen LogP contribution in [0.2, 0.25) is 0 Å². The Balaban J connectivity index is 1.62. The first-order valence-electron chi connectivity index (χ1n) is 9.69. The minimum atomic E-state index is -3.68. The summed E-state index contributed by atoms with van der Waals surface area (Å²) in [6.07, 6.45) is 2.82. The molecule has 0 aliphatic rings. The number of hydrogen-bond acceptors (Lipinski definition) is 4. The molecular weight excluding hydrogens is 398 g/mol. The number of amides is 1. The molecule has 156 valence electrons. The molecule has 0 fully saturated rings. The molecule has 6 nitrogen and oxygen atoms in total. The van der Waals surface area contributed by atoms with E-state index < -0.39 is 15.4 Å². The summed E-state index contributed by atoms with van der Waals surface area (Å²) in [7, 11) is -3.68. The largest absolute Gasteiger partial charge is 0.355 e. The van der Waals surface area contributed by atoms with E-state index in [4.69, 9.17) is 0 Å². The van der Waals surface area contributed by atoms with Crippen molar-refractivity contribution >= 4 is 15.9 Å². The standard InChI is InChI=1S/C23H25N3O3S/c1-23(19-9-4-2-5-10-19,20-11-6-3-7-12-20)18-25-22(27)14-16-26-30(28,29)21-13-8-15-24-17-21/h2-13,15,17,26H,14,16,18H2,1H3,(H,25,27). The third kappa shape index (κ3) is 5.31. The summed E-state index contributed by atoms with van der Waals surface area (Å²) < 4.78 is 26.9. The highest BCUT2D eigenvalue weighted by Gasteiger charge is 2.29. The first-order valence-corrected chi connectivity index (χ1v) is 11.2. The third-order valence-corrected chi connectivity index (χ3v) is 6.50. The second-order valence-electron chi connectivity index (χ2n) is 7.18. The van der Waals surface area contributed by atoms with Crippen LogP contribution in [0.15, 0.2) is 90.1 Å². The van der Waals surface area contributed by atoms with Gasteiger partial charge >= 0.3 is 0 Å². The summed E-state index contributed by atoms with van der Waals surface area (Å²) in [5.41, 5.74) is 1.77. The topological polar surface area (TPSA) is 88.2 Å². The Bertz CT molecular complexity index is 1020. The van der Waals surface area contributed by atoms with Gasteiger partial charge in [0.1, 0.15) is 4.90 Å². The highest BCUT2D eigenvalue weighted by molar-refractivity contribution is 7.89. The molecule has 1 aromatic heterocycles. The van der Waals surface area contributed by atoms with Crippen LogP contribution in [0.3, 0.4) is 0 Å². The molecule has 1 heterocycles. The van der Waals surface area contributed by atoms with Crippen molar-refractivity contribution in [2.45, 2.75) is 23.7 Å². The molecule has 0 unspecified atom stereocenters. The van der Waals surface area contributed by atoms with E-state index in [0.717, 1.165) is 11.1 Å². The fourth-order valence-electron chi connectivity index (χ4n) is 3.23. The van der Waals surface area contributed by atoms with Crippen LogP contribution in [0.4, 0.5) is 0 Å². The lowest BCUT2D eigenvalue weighted by molar-refractivity contribution is -0.121. The monoisotopic (exact) mass is 423 g/mol. The van der Waals surface area contributed by atoms with E-state index in [1.807, 2.05) is 60.7 Å². The van der Waals surface area contributed by atoms with Gasteiger partial charge in [-0.2, -0.15) is 0 Å². The Hall–Kier alpha value is -3.03. The quantitative estimate of drug-likeness (QED) is 0.554. The smallest absolute Gasteiger partial charge is 0.242 e. The van der Waals surface area contributed by atoms with Gasteiger partial charge in [-0.25, -0.2) is 13.1 Å². The van der Waals surface area contributed by atoms with Gasteiger partial charge in [-0.05, 0) is 30.2 Å². The van der Waals surface area contributed by atoms with Gasteiger partial charge in [-0.3, -0.25) is 9.78 Å². The fraction of sp³-hybridized carbons (Fsp3) is 0.217. The molecule has 3 aromatic rings. The molecule has 0 aliphatic heterocycles. The maximum absolute atomic E-state index is 12.4. The zero-order valence-electron chi connectivity index (χ0n) is 16.8. The molecule has 0 bridgehead atoms. The summed E-state index contributed by atoms with van der Waals surface area (Å²) in [5.74, 6) is -0.220. The van der Waals surface area contributed by atoms with E-state index in [1.54, 1.807) is 6.07 Å². The molecule has 0 saturated carbocycles. The van der Waals surface area contributed by atoms with Gasteiger partial charge in [0, 0.05) is 37.3 Å². The molecule has 1 amide bonds. The molecular formula is C23H25N3O3S. The van der Waals surface area contributed by atoms with Gasteiger partial charge in [0.25, 0.3) is 0 Å². The van der Waals surface area contributed by atoms with E-state index in [9.17, 15) is 13.2 Å². The summed E-state index contributed by atoms with van der Waals surface area (Å²) >= 11 is 0. The highest BCUT2D eigenvalue weighted by atomic mass is 32.2. The molecule has 2 N–H and O–H groups in total. The van der Waals surface area contributed by atoms with E-state index in [0.29, 0.717) is 6.54 Å². The van der Waals surface area contributed by atoms with Crippen molar-refractivity contribution in [2.75, 3.05) is 13.1 Å². The zero-order valence-corrected chi connectivity index (χ0v) is 17.6. The van der Waals surface area contributed by atoms with Gasteiger partial charge in [0.05, 0.1) is 0 Å². The van der Waals surface area contributed by atoms with Crippen LogP contribution in [0.5, 0.6) is 0 Å². The van der Waals surface area contributed by atoms with E-state index in [1.165, 1.54) is 18.5 Å². The maximum atomic E-state index is 12.4. The van der Waals surface area contributed by atoms with Crippen molar-refractivity contribution in [3.63, 3.8) is 0 Å². The van der Waals surface area contributed by atoms with E-state index in [2.05, 4.69) is 21.9 Å². The Morgan fingerprint density at radius 1 is 0.933 bits per heavy atom. The second-order valence-corrected chi connectivity index (χ2v) is 8.94. The number of aromatic nitrogens is 1. The number of sulfonamides is 1. The average Bonchev–Trinajstić information content (AvgIpc) is 2.79. The predicted molar refractivity (Wildman–Crippen MR) is 116 cm³/mol. The van der Waals surface area contributed by atoms with Gasteiger partial charge < -0.3 is 5.32 Å². The Labute approximate surface area is 177 Å².